The highest BCUT2D eigenvalue weighted by molar-refractivity contribution is 5.98. The maximum absolute atomic E-state index is 13.1. The van der Waals surface area contributed by atoms with E-state index < -0.39 is 23.8 Å². The van der Waals surface area contributed by atoms with Crippen molar-refractivity contribution in [3.63, 3.8) is 0 Å². The summed E-state index contributed by atoms with van der Waals surface area (Å²) in [5.41, 5.74) is 1.62. The van der Waals surface area contributed by atoms with Gasteiger partial charge in [-0.1, -0.05) is 30.3 Å². The van der Waals surface area contributed by atoms with Gasteiger partial charge in [-0.05, 0) is 48.5 Å². The first kappa shape index (κ1) is 20.7. The van der Waals surface area contributed by atoms with Crippen molar-refractivity contribution in [2.24, 2.45) is 0 Å². The van der Waals surface area contributed by atoms with E-state index in [0.717, 1.165) is 0 Å². The molecule has 3 aromatic carbocycles. The normalized spacial score (nSPS) is 11.3. The fourth-order valence-corrected chi connectivity index (χ4v) is 2.71. The van der Waals surface area contributed by atoms with E-state index in [4.69, 9.17) is 4.74 Å². The maximum atomic E-state index is 13.1. The lowest BCUT2D eigenvalue weighted by molar-refractivity contribution is -0.125. The van der Waals surface area contributed by atoms with E-state index >= 15 is 0 Å². The SMILES string of the molecule is CC(=O)Nc1ccc(C(=O)OC(C(=O)Nc2ccc(F)cc2)c2ccccc2)cc1. The van der Waals surface area contributed by atoms with Crippen LogP contribution in [0.15, 0.2) is 78.9 Å². The van der Waals surface area contributed by atoms with Crippen LogP contribution in [0.4, 0.5) is 15.8 Å². The van der Waals surface area contributed by atoms with Gasteiger partial charge in [-0.25, -0.2) is 9.18 Å². The number of amides is 2. The lowest BCUT2D eigenvalue weighted by Crippen LogP contribution is -2.26. The molecule has 0 aliphatic heterocycles. The molecule has 0 aliphatic rings. The summed E-state index contributed by atoms with van der Waals surface area (Å²) in [5, 5.41) is 5.23. The van der Waals surface area contributed by atoms with Crippen molar-refractivity contribution in [2.45, 2.75) is 13.0 Å². The molecule has 1 atom stereocenters. The number of hydrogen-bond donors (Lipinski definition) is 2. The summed E-state index contributed by atoms with van der Waals surface area (Å²) in [7, 11) is 0. The average Bonchev–Trinajstić information content (AvgIpc) is 2.74. The highest BCUT2D eigenvalue weighted by Crippen LogP contribution is 2.22. The Balaban J connectivity index is 1.78. The molecule has 3 rings (SSSR count). The number of anilines is 2. The van der Waals surface area contributed by atoms with Gasteiger partial charge in [0.25, 0.3) is 5.91 Å². The number of nitrogens with one attached hydrogen (secondary N) is 2. The number of halogens is 1. The van der Waals surface area contributed by atoms with Crippen LogP contribution in [0.1, 0.15) is 28.9 Å². The van der Waals surface area contributed by atoms with E-state index in [1.54, 1.807) is 42.5 Å². The Morgan fingerprint density at radius 2 is 1.37 bits per heavy atom. The fraction of sp³-hybridized carbons (Fsp3) is 0.0870. The lowest BCUT2D eigenvalue weighted by Gasteiger charge is -2.18. The number of ether oxygens (including phenoxy) is 1. The highest BCUT2D eigenvalue weighted by Gasteiger charge is 2.26. The highest BCUT2D eigenvalue weighted by atomic mass is 19.1. The smallest absolute Gasteiger partial charge is 0.339 e. The molecule has 0 heterocycles. The van der Waals surface area contributed by atoms with E-state index in [0.29, 0.717) is 16.9 Å². The second kappa shape index (κ2) is 9.47. The van der Waals surface area contributed by atoms with Crippen molar-refractivity contribution in [1.29, 1.82) is 0 Å². The quantitative estimate of drug-likeness (QED) is 0.597. The van der Waals surface area contributed by atoms with E-state index in [2.05, 4.69) is 10.6 Å². The van der Waals surface area contributed by atoms with Gasteiger partial charge in [0, 0.05) is 23.9 Å². The van der Waals surface area contributed by atoms with Gasteiger partial charge < -0.3 is 15.4 Å². The van der Waals surface area contributed by atoms with Gasteiger partial charge in [0.2, 0.25) is 12.0 Å². The molecular formula is C23H19FN2O4. The van der Waals surface area contributed by atoms with Crippen LogP contribution < -0.4 is 10.6 Å². The topological polar surface area (TPSA) is 84.5 Å². The summed E-state index contributed by atoms with van der Waals surface area (Å²) < 4.78 is 18.6. The monoisotopic (exact) mass is 406 g/mol. The van der Waals surface area contributed by atoms with E-state index in [1.165, 1.54) is 43.3 Å². The van der Waals surface area contributed by atoms with Gasteiger partial charge in [-0.2, -0.15) is 0 Å². The van der Waals surface area contributed by atoms with Gasteiger partial charge in [0.15, 0.2) is 0 Å². The Morgan fingerprint density at radius 3 is 1.97 bits per heavy atom. The molecule has 6 nitrogen and oxygen atoms in total. The van der Waals surface area contributed by atoms with E-state index in [-0.39, 0.29) is 11.5 Å². The first-order chi connectivity index (χ1) is 14.4. The third-order valence-electron chi connectivity index (χ3n) is 4.12. The Bertz CT molecular complexity index is 1040. The van der Waals surface area contributed by atoms with Crippen molar-refractivity contribution >= 4 is 29.2 Å². The zero-order valence-corrected chi connectivity index (χ0v) is 16.1. The molecule has 0 aromatic heterocycles. The van der Waals surface area contributed by atoms with Crippen LogP contribution in [0.2, 0.25) is 0 Å². The summed E-state index contributed by atoms with van der Waals surface area (Å²) >= 11 is 0. The standard InChI is InChI=1S/C23H19FN2O4/c1-15(27)25-19-11-7-17(8-12-19)23(29)30-21(16-5-3-2-4-6-16)22(28)26-20-13-9-18(24)10-14-20/h2-14,21H,1H3,(H,25,27)(H,26,28). The molecule has 30 heavy (non-hydrogen) atoms. The molecule has 2 N–H and O–H groups in total. The van der Waals surface area contributed by atoms with Crippen molar-refractivity contribution < 1.29 is 23.5 Å². The van der Waals surface area contributed by atoms with Gasteiger partial charge in [-0.3, -0.25) is 9.59 Å². The molecule has 0 aliphatic carbocycles. The molecule has 0 fully saturated rings. The predicted molar refractivity (Wildman–Crippen MR) is 110 cm³/mol. The van der Waals surface area contributed by atoms with Gasteiger partial charge in [-0.15, -0.1) is 0 Å². The third kappa shape index (κ3) is 5.51. The second-order valence-corrected chi connectivity index (χ2v) is 6.45. The first-order valence-electron chi connectivity index (χ1n) is 9.12. The Labute approximate surface area is 172 Å². The van der Waals surface area contributed by atoms with Crippen molar-refractivity contribution in [2.75, 3.05) is 10.6 Å². The van der Waals surface area contributed by atoms with E-state index in [1.807, 2.05) is 0 Å². The Hall–Kier alpha value is -4.00. The Morgan fingerprint density at radius 1 is 0.800 bits per heavy atom. The predicted octanol–water partition coefficient (Wildman–Crippen LogP) is 4.32. The van der Waals surface area contributed by atoms with Gasteiger partial charge >= 0.3 is 5.97 Å². The summed E-state index contributed by atoms with van der Waals surface area (Å²) in [6.45, 7) is 1.38. The minimum Gasteiger partial charge on any atom is -0.444 e. The second-order valence-electron chi connectivity index (χ2n) is 6.45. The van der Waals surface area contributed by atoms with Crippen molar-refractivity contribution in [1.82, 2.24) is 0 Å². The molecule has 0 saturated heterocycles. The van der Waals surface area contributed by atoms with Crippen LogP contribution in [0.25, 0.3) is 0 Å². The number of hydrogen-bond acceptors (Lipinski definition) is 4. The zero-order valence-electron chi connectivity index (χ0n) is 16.1. The fourth-order valence-electron chi connectivity index (χ4n) is 2.71. The largest absolute Gasteiger partial charge is 0.444 e. The number of rotatable bonds is 6. The average molecular weight is 406 g/mol. The van der Waals surface area contributed by atoms with E-state index in [9.17, 15) is 18.8 Å². The Kier molecular flexibility index (Phi) is 6.54. The van der Waals surface area contributed by atoms with Crippen LogP contribution in [0.5, 0.6) is 0 Å². The number of carbonyl (C=O) groups excluding carboxylic acids is 3. The first-order valence-corrected chi connectivity index (χ1v) is 9.12. The summed E-state index contributed by atoms with van der Waals surface area (Å²) in [4.78, 5) is 36.5. The molecule has 152 valence electrons. The molecule has 1 unspecified atom stereocenters. The molecule has 3 aromatic rings. The van der Waals surface area contributed by atoms with Crippen LogP contribution >= 0.6 is 0 Å². The molecular weight excluding hydrogens is 387 g/mol. The molecule has 0 spiro atoms. The summed E-state index contributed by atoms with van der Waals surface area (Å²) in [6, 6.07) is 19.9. The van der Waals surface area contributed by atoms with Crippen LogP contribution in [-0.4, -0.2) is 17.8 Å². The molecule has 7 heteroatoms. The third-order valence-corrected chi connectivity index (χ3v) is 4.12. The minimum absolute atomic E-state index is 0.222. The van der Waals surface area contributed by atoms with Crippen LogP contribution in [0.3, 0.4) is 0 Å². The minimum atomic E-state index is -1.21. The number of benzene rings is 3. The lowest BCUT2D eigenvalue weighted by atomic mass is 10.1. The maximum Gasteiger partial charge on any atom is 0.339 e. The zero-order chi connectivity index (χ0) is 21.5. The summed E-state index contributed by atoms with van der Waals surface area (Å²) in [6.07, 6.45) is -1.21. The molecule has 0 saturated carbocycles. The van der Waals surface area contributed by atoms with Gasteiger partial charge in [0.1, 0.15) is 5.82 Å². The molecule has 0 bridgehead atoms. The van der Waals surface area contributed by atoms with Crippen molar-refractivity contribution in [3.8, 4) is 0 Å². The summed E-state index contributed by atoms with van der Waals surface area (Å²) in [5.74, 6) is -1.93. The van der Waals surface area contributed by atoms with Crippen LogP contribution in [0, 0.1) is 5.82 Å². The van der Waals surface area contributed by atoms with Crippen LogP contribution in [-0.2, 0) is 14.3 Å². The van der Waals surface area contributed by atoms with Crippen molar-refractivity contribution in [3.05, 3.63) is 95.8 Å². The molecule has 0 radical (unpaired) electrons. The number of esters is 1. The number of carbonyl (C=O) groups is 3. The van der Waals surface area contributed by atoms with Gasteiger partial charge in [0.05, 0.1) is 5.56 Å². The molecule has 2 amide bonds.